The molecule has 1 atom stereocenters. The molecule has 2 N–H and O–H groups in total. The van der Waals surface area contributed by atoms with E-state index < -0.39 is 5.54 Å². The molecule has 158 valence electrons. The van der Waals surface area contributed by atoms with Crippen LogP contribution in [0.15, 0.2) is 41.7 Å². The molecule has 0 fully saturated rings. The van der Waals surface area contributed by atoms with Crippen molar-refractivity contribution in [3.8, 4) is 5.88 Å². The van der Waals surface area contributed by atoms with Crippen molar-refractivity contribution in [1.82, 2.24) is 14.9 Å². The van der Waals surface area contributed by atoms with Gasteiger partial charge in [0.25, 0.3) is 0 Å². The van der Waals surface area contributed by atoms with Crippen LogP contribution in [0.4, 0.5) is 0 Å². The first-order valence-corrected chi connectivity index (χ1v) is 10.9. The zero-order valence-corrected chi connectivity index (χ0v) is 18.1. The Kier molecular flexibility index (Phi) is 6.71. The second-order valence-corrected chi connectivity index (χ2v) is 8.24. The number of hydrogen-bond donors (Lipinski definition) is 1. The molecule has 9 heteroatoms. The van der Waals surface area contributed by atoms with Crippen molar-refractivity contribution < 1.29 is 14.3 Å². The van der Waals surface area contributed by atoms with Crippen molar-refractivity contribution >= 4 is 29.4 Å². The highest BCUT2D eigenvalue weighted by atomic mass is 32.2. The average Bonchev–Trinajstić information content (AvgIpc) is 2.73. The van der Waals surface area contributed by atoms with Crippen LogP contribution in [0.3, 0.4) is 0 Å². The van der Waals surface area contributed by atoms with E-state index in [2.05, 4.69) is 15.0 Å². The van der Waals surface area contributed by atoms with Crippen molar-refractivity contribution in [3.63, 3.8) is 0 Å². The average molecular weight is 428 g/mol. The number of ketones is 1. The van der Waals surface area contributed by atoms with E-state index in [-0.39, 0.29) is 36.2 Å². The summed E-state index contributed by atoms with van der Waals surface area (Å²) in [7, 11) is 1.61. The number of nitrogens with two attached hydrogens (primary N) is 1. The number of guanidine groups is 1. The van der Waals surface area contributed by atoms with E-state index in [0.29, 0.717) is 12.5 Å². The normalized spacial score (nSPS) is 18.8. The summed E-state index contributed by atoms with van der Waals surface area (Å²) in [5, 5.41) is 0. The van der Waals surface area contributed by atoms with Gasteiger partial charge in [-0.2, -0.15) is 11.8 Å². The molecule has 0 saturated heterocycles. The van der Waals surface area contributed by atoms with Crippen molar-refractivity contribution in [1.29, 1.82) is 0 Å². The highest BCUT2D eigenvalue weighted by molar-refractivity contribution is 7.98. The van der Waals surface area contributed by atoms with E-state index >= 15 is 0 Å². The highest BCUT2D eigenvalue weighted by Crippen LogP contribution is 2.33. The molecule has 30 heavy (non-hydrogen) atoms. The lowest BCUT2D eigenvalue weighted by Gasteiger charge is -2.33. The Balaban J connectivity index is 1.72. The van der Waals surface area contributed by atoms with Gasteiger partial charge in [-0.05, 0) is 24.3 Å². The van der Waals surface area contributed by atoms with Crippen LogP contribution in [-0.4, -0.2) is 58.2 Å². The molecule has 1 aromatic carbocycles. The van der Waals surface area contributed by atoms with Crippen LogP contribution in [-0.2, 0) is 16.8 Å². The summed E-state index contributed by atoms with van der Waals surface area (Å²) in [4.78, 5) is 39.1. The van der Waals surface area contributed by atoms with Gasteiger partial charge in [-0.3, -0.25) is 14.5 Å². The van der Waals surface area contributed by atoms with E-state index in [4.69, 9.17) is 10.5 Å². The second kappa shape index (κ2) is 9.25. The maximum absolute atomic E-state index is 12.6. The zero-order chi connectivity index (χ0) is 21.7. The maximum Gasteiger partial charge on any atom is 0.232 e. The van der Waals surface area contributed by atoms with Crippen LogP contribution in [0, 0.1) is 0 Å². The first-order valence-electron chi connectivity index (χ1n) is 9.50. The highest BCUT2D eigenvalue weighted by Gasteiger charge is 2.36. The fraction of sp³-hybridized carbons (Fsp3) is 0.381. The SMILES string of the molecule is CSCCOc1cnc(C(=O)Cc2cccc(C3(C)CC(=O)N(C)C(N)=N3)c2)cn1. The molecule has 3 rings (SSSR count). The Bertz CT molecular complexity index is 963. The molecule has 0 radical (unpaired) electrons. The number of thioether (sulfide) groups is 1. The third-order valence-corrected chi connectivity index (χ3v) is 5.51. The lowest BCUT2D eigenvalue weighted by Crippen LogP contribution is -2.47. The van der Waals surface area contributed by atoms with E-state index in [1.165, 1.54) is 17.3 Å². The molecule has 2 aromatic rings. The minimum atomic E-state index is -0.762. The number of nitrogens with zero attached hydrogens (tertiary/aromatic N) is 4. The Hall–Kier alpha value is -2.94. The minimum absolute atomic E-state index is 0.0957. The first kappa shape index (κ1) is 21.8. The third-order valence-electron chi connectivity index (χ3n) is 4.94. The molecule has 1 aromatic heterocycles. The third kappa shape index (κ3) is 4.96. The number of aromatic nitrogens is 2. The number of Topliss-reactive ketones (excluding diaryl/α,β-unsaturated/α-hetero) is 1. The van der Waals surface area contributed by atoms with Crippen LogP contribution in [0.1, 0.15) is 35.0 Å². The molecule has 1 aliphatic heterocycles. The summed E-state index contributed by atoms with van der Waals surface area (Å²) in [6, 6.07) is 7.50. The van der Waals surface area contributed by atoms with Crippen LogP contribution in [0.5, 0.6) is 5.88 Å². The summed E-state index contributed by atoms with van der Waals surface area (Å²) in [6.07, 6.45) is 5.27. The fourth-order valence-corrected chi connectivity index (χ4v) is 3.38. The van der Waals surface area contributed by atoms with E-state index in [1.54, 1.807) is 18.8 Å². The van der Waals surface area contributed by atoms with Gasteiger partial charge in [0.2, 0.25) is 11.8 Å². The Labute approximate surface area is 179 Å². The van der Waals surface area contributed by atoms with Gasteiger partial charge in [0.05, 0.1) is 31.0 Å². The van der Waals surface area contributed by atoms with Crippen LogP contribution >= 0.6 is 11.8 Å². The lowest BCUT2D eigenvalue weighted by molar-refractivity contribution is -0.128. The molecular weight excluding hydrogens is 402 g/mol. The van der Waals surface area contributed by atoms with Crippen LogP contribution in [0.25, 0.3) is 0 Å². The summed E-state index contributed by atoms with van der Waals surface area (Å²) < 4.78 is 5.46. The summed E-state index contributed by atoms with van der Waals surface area (Å²) in [5.41, 5.74) is 7.06. The largest absolute Gasteiger partial charge is 0.476 e. The number of carbonyl (C=O) groups excluding carboxylic acids is 2. The van der Waals surface area contributed by atoms with E-state index in [9.17, 15) is 9.59 Å². The van der Waals surface area contributed by atoms with Gasteiger partial charge in [0.1, 0.15) is 5.69 Å². The minimum Gasteiger partial charge on any atom is -0.476 e. The van der Waals surface area contributed by atoms with Gasteiger partial charge >= 0.3 is 0 Å². The van der Waals surface area contributed by atoms with Gasteiger partial charge < -0.3 is 10.5 Å². The topological polar surface area (TPSA) is 111 Å². The van der Waals surface area contributed by atoms with Gasteiger partial charge in [-0.25, -0.2) is 15.0 Å². The van der Waals surface area contributed by atoms with E-state index in [0.717, 1.165) is 16.9 Å². The van der Waals surface area contributed by atoms with Gasteiger partial charge in [0.15, 0.2) is 11.7 Å². The Morgan fingerprint density at radius 1 is 1.33 bits per heavy atom. The number of benzene rings is 1. The second-order valence-electron chi connectivity index (χ2n) is 7.25. The summed E-state index contributed by atoms with van der Waals surface area (Å²) in [5.74, 6) is 1.20. The predicted molar refractivity (Wildman–Crippen MR) is 117 cm³/mol. The molecule has 0 bridgehead atoms. The molecule has 0 aliphatic carbocycles. The van der Waals surface area contributed by atoms with Crippen molar-refractivity contribution in [2.24, 2.45) is 10.7 Å². The van der Waals surface area contributed by atoms with Crippen molar-refractivity contribution in [2.75, 3.05) is 25.7 Å². The predicted octanol–water partition coefficient (Wildman–Crippen LogP) is 2.04. The Morgan fingerprint density at radius 3 is 2.80 bits per heavy atom. The van der Waals surface area contributed by atoms with Gasteiger partial charge in [0, 0.05) is 19.2 Å². The molecule has 0 spiro atoms. The standard InChI is InChI=1S/C21H25N5O3S/c1-21(11-19(28)26(2)20(22)25-21)15-6-4-5-14(9-15)10-17(27)16-12-24-18(13-23-16)29-7-8-30-3/h4-6,9,12-13H,7-8,10-11H2,1-3H3,(H2,22,25). The van der Waals surface area contributed by atoms with Crippen molar-refractivity contribution in [2.45, 2.75) is 25.3 Å². The van der Waals surface area contributed by atoms with Gasteiger partial charge in [-0.1, -0.05) is 24.3 Å². The number of ether oxygens (including phenoxy) is 1. The molecular formula is C21H25N5O3S. The molecule has 8 nitrogen and oxygen atoms in total. The molecule has 2 heterocycles. The fourth-order valence-electron chi connectivity index (χ4n) is 3.13. The number of hydrogen-bond acceptors (Lipinski definition) is 8. The van der Waals surface area contributed by atoms with Gasteiger partial charge in [-0.15, -0.1) is 0 Å². The smallest absolute Gasteiger partial charge is 0.232 e. The lowest BCUT2D eigenvalue weighted by atomic mass is 9.86. The first-order chi connectivity index (χ1) is 14.3. The Morgan fingerprint density at radius 2 is 2.13 bits per heavy atom. The maximum atomic E-state index is 12.6. The number of rotatable bonds is 8. The quantitative estimate of drug-likeness (QED) is 0.507. The number of aliphatic imine (C=N–C) groups is 1. The summed E-state index contributed by atoms with van der Waals surface area (Å²) in [6.45, 7) is 2.41. The monoisotopic (exact) mass is 427 g/mol. The number of carbonyl (C=O) groups is 2. The molecule has 0 saturated carbocycles. The summed E-state index contributed by atoms with van der Waals surface area (Å²) >= 11 is 1.68. The molecule has 1 unspecified atom stereocenters. The van der Waals surface area contributed by atoms with Crippen molar-refractivity contribution in [3.05, 3.63) is 53.5 Å². The molecule has 1 amide bonds. The van der Waals surface area contributed by atoms with Crippen LogP contribution in [0.2, 0.25) is 0 Å². The molecule has 1 aliphatic rings. The zero-order valence-electron chi connectivity index (χ0n) is 17.3. The van der Waals surface area contributed by atoms with E-state index in [1.807, 2.05) is 37.4 Å². The number of amides is 1. The van der Waals surface area contributed by atoms with Crippen LogP contribution < -0.4 is 10.5 Å².